The minimum atomic E-state index is 0.253. The van der Waals surface area contributed by atoms with E-state index in [1.54, 1.807) is 0 Å². The molecule has 3 nitrogen and oxygen atoms in total. The molecule has 16 heavy (non-hydrogen) atoms. The fraction of sp³-hybridized carbons (Fsp3) is 1.00. The van der Waals surface area contributed by atoms with Crippen LogP contribution < -0.4 is 5.73 Å². The summed E-state index contributed by atoms with van der Waals surface area (Å²) in [5.41, 5.74) is 6.34. The van der Waals surface area contributed by atoms with Crippen LogP contribution in [0.2, 0.25) is 0 Å². The number of rotatable bonds is 2. The molecule has 0 aromatic heterocycles. The molecule has 0 aliphatic carbocycles. The van der Waals surface area contributed by atoms with Crippen LogP contribution in [0.25, 0.3) is 0 Å². The van der Waals surface area contributed by atoms with Crippen LogP contribution in [-0.2, 0) is 4.74 Å². The van der Waals surface area contributed by atoms with Gasteiger partial charge in [-0.25, -0.2) is 0 Å². The highest BCUT2D eigenvalue weighted by Crippen LogP contribution is 2.34. The first kappa shape index (κ1) is 12.7. The molecule has 2 rings (SSSR count). The van der Waals surface area contributed by atoms with Gasteiger partial charge >= 0.3 is 0 Å². The van der Waals surface area contributed by atoms with Crippen molar-refractivity contribution in [3.05, 3.63) is 0 Å². The van der Waals surface area contributed by atoms with Gasteiger partial charge < -0.3 is 10.5 Å². The van der Waals surface area contributed by atoms with E-state index >= 15 is 0 Å². The lowest BCUT2D eigenvalue weighted by atomic mass is 9.87. The zero-order valence-electron chi connectivity index (χ0n) is 10.4. The van der Waals surface area contributed by atoms with Gasteiger partial charge in [0.1, 0.15) is 0 Å². The highest BCUT2D eigenvalue weighted by molar-refractivity contribution is 7.99. The average Bonchev–Trinajstić information content (AvgIpc) is 2.33. The molecule has 0 saturated carbocycles. The quantitative estimate of drug-likeness (QED) is 0.795. The van der Waals surface area contributed by atoms with Crippen molar-refractivity contribution in [3.63, 3.8) is 0 Å². The van der Waals surface area contributed by atoms with Crippen molar-refractivity contribution in [1.29, 1.82) is 0 Å². The maximum atomic E-state index is 6.09. The van der Waals surface area contributed by atoms with E-state index in [4.69, 9.17) is 10.5 Å². The van der Waals surface area contributed by atoms with Gasteiger partial charge in [0, 0.05) is 24.7 Å². The smallest absolute Gasteiger partial charge is 0.0675 e. The van der Waals surface area contributed by atoms with Crippen LogP contribution in [0, 0.1) is 0 Å². The highest BCUT2D eigenvalue weighted by atomic mass is 32.2. The fourth-order valence-electron chi connectivity index (χ4n) is 2.92. The molecule has 2 atom stereocenters. The van der Waals surface area contributed by atoms with E-state index in [1.165, 1.54) is 24.3 Å². The first-order valence-electron chi connectivity index (χ1n) is 6.34. The molecule has 0 bridgehead atoms. The first-order valence-corrected chi connectivity index (χ1v) is 7.49. The van der Waals surface area contributed by atoms with Crippen LogP contribution >= 0.6 is 11.8 Å². The van der Waals surface area contributed by atoms with Crippen molar-refractivity contribution in [1.82, 2.24) is 4.90 Å². The second-order valence-electron chi connectivity index (χ2n) is 5.19. The van der Waals surface area contributed by atoms with Gasteiger partial charge in [0.2, 0.25) is 0 Å². The number of thioether (sulfide) groups is 1. The van der Waals surface area contributed by atoms with Gasteiger partial charge in [-0.1, -0.05) is 0 Å². The summed E-state index contributed by atoms with van der Waals surface area (Å²) in [5.74, 6) is 2.52. The minimum absolute atomic E-state index is 0.253. The third-order valence-corrected chi connectivity index (χ3v) is 5.01. The van der Waals surface area contributed by atoms with Gasteiger partial charge in [-0.3, -0.25) is 4.90 Å². The Hall–Kier alpha value is 0.230. The summed E-state index contributed by atoms with van der Waals surface area (Å²) >= 11 is 2.07. The summed E-state index contributed by atoms with van der Waals surface area (Å²) in [5, 5.41) is 0. The Morgan fingerprint density at radius 3 is 2.69 bits per heavy atom. The fourth-order valence-corrected chi connectivity index (χ4v) is 4.18. The van der Waals surface area contributed by atoms with Gasteiger partial charge in [0.05, 0.1) is 12.7 Å². The van der Waals surface area contributed by atoms with Crippen LogP contribution in [-0.4, -0.2) is 53.8 Å². The average molecular weight is 244 g/mol. The number of nitrogens with two attached hydrogens (primary N) is 1. The summed E-state index contributed by atoms with van der Waals surface area (Å²) in [6.45, 7) is 7.13. The number of morpholine rings is 1. The summed E-state index contributed by atoms with van der Waals surface area (Å²) < 4.78 is 5.71. The van der Waals surface area contributed by atoms with Gasteiger partial charge in [-0.15, -0.1) is 0 Å². The van der Waals surface area contributed by atoms with Crippen molar-refractivity contribution < 1.29 is 4.74 Å². The normalized spacial score (nSPS) is 36.2. The van der Waals surface area contributed by atoms with Crippen molar-refractivity contribution in [2.75, 3.05) is 31.2 Å². The number of hydrogen-bond acceptors (Lipinski definition) is 4. The first-order chi connectivity index (χ1) is 7.68. The van der Waals surface area contributed by atoms with Crippen LogP contribution in [0.3, 0.4) is 0 Å². The molecule has 2 N–H and O–H groups in total. The van der Waals surface area contributed by atoms with Crippen LogP contribution in [0.1, 0.15) is 26.7 Å². The van der Waals surface area contributed by atoms with Crippen molar-refractivity contribution in [2.45, 2.75) is 44.4 Å². The van der Waals surface area contributed by atoms with Crippen LogP contribution in [0.15, 0.2) is 0 Å². The Labute approximate surface area is 103 Å². The number of hydrogen-bond donors (Lipinski definition) is 1. The third-order valence-electron chi connectivity index (χ3n) is 4.02. The van der Waals surface area contributed by atoms with Gasteiger partial charge in [0.15, 0.2) is 0 Å². The molecular formula is C12H24N2OS. The lowest BCUT2D eigenvalue weighted by Gasteiger charge is -2.51. The molecule has 0 amide bonds. The molecule has 2 saturated heterocycles. The maximum Gasteiger partial charge on any atom is 0.0675 e. The molecular weight excluding hydrogens is 220 g/mol. The lowest BCUT2D eigenvalue weighted by molar-refractivity contribution is -0.0947. The molecule has 94 valence electrons. The lowest BCUT2D eigenvalue weighted by Crippen LogP contribution is -2.63. The molecule has 4 heteroatoms. The van der Waals surface area contributed by atoms with Crippen LogP contribution in [0.4, 0.5) is 0 Å². The van der Waals surface area contributed by atoms with E-state index in [-0.39, 0.29) is 5.54 Å². The third kappa shape index (κ3) is 2.40. The predicted molar refractivity (Wildman–Crippen MR) is 69.9 cm³/mol. The standard InChI is InChI=1S/C12H24N2OS/c1-10-8-15-11(2)7-14(10)12(9-13)3-5-16-6-4-12/h10-11H,3-9,13H2,1-2H3. The Kier molecular flexibility index (Phi) is 4.16. The Bertz CT molecular complexity index is 231. The maximum absolute atomic E-state index is 6.09. The van der Waals surface area contributed by atoms with E-state index in [1.807, 2.05) is 0 Å². The summed E-state index contributed by atoms with van der Waals surface area (Å²) in [7, 11) is 0. The van der Waals surface area contributed by atoms with E-state index in [2.05, 4.69) is 30.5 Å². The van der Waals surface area contributed by atoms with Crippen molar-refractivity contribution in [3.8, 4) is 0 Å². The topological polar surface area (TPSA) is 38.5 Å². The second kappa shape index (κ2) is 5.25. The molecule has 0 spiro atoms. The molecule has 2 aliphatic heterocycles. The number of nitrogens with zero attached hydrogens (tertiary/aromatic N) is 1. The largest absolute Gasteiger partial charge is 0.376 e. The molecule has 0 radical (unpaired) electrons. The summed E-state index contributed by atoms with van der Waals surface area (Å²) in [4.78, 5) is 2.63. The monoisotopic (exact) mass is 244 g/mol. The molecule has 2 unspecified atom stereocenters. The van der Waals surface area contributed by atoms with E-state index in [9.17, 15) is 0 Å². The second-order valence-corrected chi connectivity index (χ2v) is 6.41. The predicted octanol–water partition coefficient (Wildman–Crippen LogP) is 1.32. The molecule has 0 aromatic rings. The molecule has 2 heterocycles. The number of ether oxygens (including phenoxy) is 1. The minimum Gasteiger partial charge on any atom is -0.376 e. The van der Waals surface area contributed by atoms with Crippen molar-refractivity contribution >= 4 is 11.8 Å². The van der Waals surface area contributed by atoms with E-state index < -0.39 is 0 Å². The zero-order valence-corrected chi connectivity index (χ0v) is 11.3. The van der Waals surface area contributed by atoms with Gasteiger partial charge in [-0.2, -0.15) is 11.8 Å². The molecule has 2 aliphatic rings. The molecule has 0 aromatic carbocycles. The zero-order chi connectivity index (χ0) is 11.6. The van der Waals surface area contributed by atoms with Crippen molar-refractivity contribution in [2.24, 2.45) is 5.73 Å². The van der Waals surface area contributed by atoms with Gasteiger partial charge in [0.25, 0.3) is 0 Å². The van der Waals surface area contributed by atoms with Crippen LogP contribution in [0.5, 0.6) is 0 Å². The Morgan fingerprint density at radius 1 is 1.38 bits per heavy atom. The summed E-state index contributed by atoms with van der Waals surface area (Å²) in [6.07, 6.45) is 2.84. The Morgan fingerprint density at radius 2 is 2.06 bits per heavy atom. The summed E-state index contributed by atoms with van der Waals surface area (Å²) in [6, 6.07) is 0.517. The Balaban J connectivity index is 2.11. The van der Waals surface area contributed by atoms with E-state index in [0.717, 1.165) is 19.7 Å². The van der Waals surface area contributed by atoms with E-state index in [0.29, 0.717) is 12.1 Å². The van der Waals surface area contributed by atoms with Gasteiger partial charge in [-0.05, 0) is 38.2 Å². The molecule has 2 fully saturated rings. The SMILES string of the molecule is CC1CN(C2(CN)CCSCC2)C(C)CO1. The highest BCUT2D eigenvalue weighted by Gasteiger charge is 2.41.